The van der Waals surface area contributed by atoms with Crippen molar-refractivity contribution in [2.45, 2.75) is 33.7 Å². The minimum Gasteiger partial charge on any atom is -0.352 e. The highest BCUT2D eigenvalue weighted by Crippen LogP contribution is 2.39. The van der Waals surface area contributed by atoms with E-state index in [4.69, 9.17) is 0 Å². The van der Waals surface area contributed by atoms with Gasteiger partial charge >= 0.3 is 0 Å². The van der Waals surface area contributed by atoms with Crippen molar-refractivity contribution in [2.24, 2.45) is 11.8 Å². The number of carbonyl (C=O) groups is 2. The quantitative estimate of drug-likeness (QED) is 0.878. The molecule has 25 heavy (non-hydrogen) atoms. The summed E-state index contributed by atoms with van der Waals surface area (Å²) < 4.78 is 0. The summed E-state index contributed by atoms with van der Waals surface area (Å²) in [6.07, 6.45) is 0.621. The third-order valence-corrected chi connectivity index (χ3v) is 4.67. The number of anilines is 1. The second kappa shape index (κ2) is 7.09. The Hall–Kier alpha value is -2.62. The van der Waals surface area contributed by atoms with Gasteiger partial charge in [0.25, 0.3) is 0 Å². The highest BCUT2D eigenvalue weighted by atomic mass is 16.2. The van der Waals surface area contributed by atoms with E-state index in [0.717, 1.165) is 27.9 Å². The van der Waals surface area contributed by atoms with Gasteiger partial charge in [0.15, 0.2) is 0 Å². The van der Waals surface area contributed by atoms with Gasteiger partial charge < -0.3 is 10.6 Å². The average molecular weight is 336 g/mol. The van der Waals surface area contributed by atoms with Crippen molar-refractivity contribution >= 4 is 17.5 Å². The summed E-state index contributed by atoms with van der Waals surface area (Å²) in [5.74, 6) is -0.544. The number of amides is 2. The monoisotopic (exact) mass is 336 g/mol. The molecule has 0 aliphatic heterocycles. The van der Waals surface area contributed by atoms with Crippen molar-refractivity contribution in [1.82, 2.24) is 5.32 Å². The van der Waals surface area contributed by atoms with Crippen LogP contribution in [0.4, 0.5) is 5.69 Å². The Bertz CT molecular complexity index is 793. The van der Waals surface area contributed by atoms with E-state index < -0.39 is 0 Å². The maximum Gasteiger partial charge on any atom is 0.228 e. The second-order valence-corrected chi connectivity index (χ2v) is 6.96. The Morgan fingerprint density at radius 1 is 0.960 bits per heavy atom. The molecule has 1 fully saturated rings. The van der Waals surface area contributed by atoms with Gasteiger partial charge in [0.2, 0.25) is 11.8 Å². The molecule has 0 radical (unpaired) electrons. The molecular weight excluding hydrogens is 312 g/mol. The molecule has 2 N–H and O–H groups in total. The highest BCUT2D eigenvalue weighted by Gasteiger charge is 2.47. The van der Waals surface area contributed by atoms with E-state index >= 15 is 0 Å². The molecule has 1 aliphatic rings. The Kier molecular flexibility index (Phi) is 4.88. The van der Waals surface area contributed by atoms with Crippen LogP contribution >= 0.6 is 0 Å². The number of rotatable bonds is 5. The van der Waals surface area contributed by atoms with E-state index in [1.165, 1.54) is 0 Å². The van der Waals surface area contributed by atoms with Crippen LogP contribution in [0.1, 0.15) is 28.7 Å². The van der Waals surface area contributed by atoms with Crippen molar-refractivity contribution < 1.29 is 9.59 Å². The largest absolute Gasteiger partial charge is 0.352 e. The van der Waals surface area contributed by atoms with Gasteiger partial charge in [-0.3, -0.25) is 9.59 Å². The van der Waals surface area contributed by atoms with Crippen molar-refractivity contribution in [2.75, 3.05) is 5.32 Å². The van der Waals surface area contributed by atoms with E-state index in [2.05, 4.69) is 16.7 Å². The zero-order chi connectivity index (χ0) is 18.0. The van der Waals surface area contributed by atoms with Crippen LogP contribution in [0.5, 0.6) is 0 Å². The topological polar surface area (TPSA) is 58.2 Å². The third kappa shape index (κ3) is 4.27. The number of benzene rings is 2. The van der Waals surface area contributed by atoms with Crippen molar-refractivity contribution in [3.8, 4) is 0 Å². The number of aryl methyl sites for hydroxylation is 3. The molecule has 0 heterocycles. The SMILES string of the molecule is Cc1cc(C)cc(NC(=O)C2CC2C(=O)NCc2ccccc2C)c1. The lowest BCUT2D eigenvalue weighted by Gasteiger charge is -2.09. The molecule has 4 heteroatoms. The van der Waals surface area contributed by atoms with Crippen LogP contribution in [0.3, 0.4) is 0 Å². The van der Waals surface area contributed by atoms with Crippen LogP contribution in [-0.2, 0) is 16.1 Å². The van der Waals surface area contributed by atoms with Crippen LogP contribution in [0.15, 0.2) is 42.5 Å². The van der Waals surface area contributed by atoms with Gasteiger partial charge in [-0.1, -0.05) is 30.3 Å². The zero-order valence-corrected chi connectivity index (χ0v) is 14.9. The van der Waals surface area contributed by atoms with Crippen LogP contribution in [-0.4, -0.2) is 11.8 Å². The lowest BCUT2D eigenvalue weighted by atomic mass is 10.1. The maximum atomic E-state index is 12.3. The molecule has 1 saturated carbocycles. The molecule has 1 aliphatic carbocycles. The van der Waals surface area contributed by atoms with E-state index in [-0.39, 0.29) is 23.7 Å². The Labute approximate surface area is 148 Å². The normalized spacial score (nSPS) is 18.5. The van der Waals surface area contributed by atoms with Gasteiger partial charge in [-0.25, -0.2) is 0 Å². The second-order valence-electron chi connectivity index (χ2n) is 6.96. The summed E-state index contributed by atoms with van der Waals surface area (Å²) >= 11 is 0. The predicted octanol–water partition coefficient (Wildman–Crippen LogP) is 3.50. The molecule has 3 rings (SSSR count). The molecule has 2 aromatic rings. The molecule has 2 amide bonds. The summed E-state index contributed by atoms with van der Waals surface area (Å²) in [5.41, 5.74) is 5.28. The van der Waals surface area contributed by atoms with Crippen molar-refractivity contribution in [1.29, 1.82) is 0 Å². The number of hydrogen-bond acceptors (Lipinski definition) is 2. The average Bonchev–Trinajstić information content (AvgIpc) is 3.33. The lowest BCUT2D eigenvalue weighted by Crippen LogP contribution is -2.27. The van der Waals surface area contributed by atoms with Crippen LogP contribution in [0, 0.1) is 32.6 Å². The van der Waals surface area contributed by atoms with E-state index in [1.807, 2.05) is 57.2 Å². The van der Waals surface area contributed by atoms with E-state index in [1.54, 1.807) is 0 Å². The first kappa shape index (κ1) is 17.2. The molecule has 0 aromatic heterocycles. The Morgan fingerprint density at radius 2 is 1.60 bits per heavy atom. The maximum absolute atomic E-state index is 12.3. The van der Waals surface area contributed by atoms with Gasteiger partial charge in [-0.05, 0) is 61.6 Å². The van der Waals surface area contributed by atoms with E-state index in [0.29, 0.717) is 13.0 Å². The molecule has 2 unspecified atom stereocenters. The number of hydrogen-bond donors (Lipinski definition) is 2. The van der Waals surface area contributed by atoms with Crippen LogP contribution in [0.25, 0.3) is 0 Å². The molecule has 130 valence electrons. The van der Waals surface area contributed by atoms with Crippen molar-refractivity contribution in [3.05, 3.63) is 64.7 Å². The first-order valence-corrected chi connectivity index (χ1v) is 8.65. The fourth-order valence-corrected chi connectivity index (χ4v) is 3.18. The number of carbonyl (C=O) groups excluding carboxylic acids is 2. The lowest BCUT2D eigenvalue weighted by molar-refractivity contribution is -0.125. The van der Waals surface area contributed by atoms with Crippen LogP contribution in [0.2, 0.25) is 0 Å². The van der Waals surface area contributed by atoms with Gasteiger partial charge in [0.05, 0.1) is 11.8 Å². The standard InChI is InChI=1S/C21H24N2O2/c1-13-8-14(2)10-17(9-13)23-21(25)19-11-18(19)20(24)22-12-16-7-5-4-6-15(16)3/h4-10,18-19H,11-12H2,1-3H3,(H,22,24)(H,23,25). The molecule has 4 nitrogen and oxygen atoms in total. The fourth-order valence-electron chi connectivity index (χ4n) is 3.18. The molecule has 2 aromatic carbocycles. The van der Waals surface area contributed by atoms with E-state index in [9.17, 15) is 9.59 Å². The minimum absolute atomic E-state index is 0.0381. The number of nitrogens with one attached hydrogen (secondary N) is 2. The molecular formula is C21H24N2O2. The minimum atomic E-state index is -0.224. The summed E-state index contributed by atoms with van der Waals surface area (Å²) in [4.78, 5) is 24.6. The smallest absolute Gasteiger partial charge is 0.228 e. The summed E-state index contributed by atoms with van der Waals surface area (Å²) in [6, 6.07) is 13.9. The van der Waals surface area contributed by atoms with Gasteiger partial charge in [0, 0.05) is 12.2 Å². The summed E-state index contributed by atoms with van der Waals surface area (Å²) in [7, 11) is 0. The van der Waals surface area contributed by atoms with Gasteiger partial charge in [0.1, 0.15) is 0 Å². The predicted molar refractivity (Wildman–Crippen MR) is 99.2 cm³/mol. The fraction of sp³-hybridized carbons (Fsp3) is 0.333. The Balaban J connectivity index is 1.52. The first-order valence-electron chi connectivity index (χ1n) is 8.65. The molecule has 0 spiro atoms. The van der Waals surface area contributed by atoms with Gasteiger partial charge in [-0.2, -0.15) is 0 Å². The summed E-state index contributed by atoms with van der Waals surface area (Å²) in [5, 5.41) is 5.88. The Morgan fingerprint density at radius 3 is 2.28 bits per heavy atom. The summed E-state index contributed by atoms with van der Waals surface area (Å²) in [6.45, 7) is 6.54. The van der Waals surface area contributed by atoms with Gasteiger partial charge in [-0.15, -0.1) is 0 Å². The molecule has 0 saturated heterocycles. The third-order valence-electron chi connectivity index (χ3n) is 4.67. The molecule has 0 bridgehead atoms. The first-order chi connectivity index (χ1) is 11.9. The van der Waals surface area contributed by atoms with Crippen LogP contribution < -0.4 is 10.6 Å². The molecule has 2 atom stereocenters. The van der Waals surface area contributed by atoms with Crippen molar-refractivity contribution in [3.63, 3.8) is 0 Å². The highest BCUT2D eigenvalue weighted by molar-refractivity contribution is 5.99. The zero-order valence-electron chi connectivity index (χ0n) is 14.9.